The Labute approximate surface area is 90.4 Å². The molecule has 0 N–H and O–H groups in total. The maximum atomic E-state index is 12.6. The van der Waals surface area contributed by atoms with Gasteiger partial charge in [0, 0.05) is 11.8 Å². The zero-order valence-corrected chi connectivity index (χ0v) is 8.63. The SMILES string of the molecule is O=C(Cc1ccc(F)cc1)c1cscn1. The molecule has 2 nitrogen and oxygen atoms in total. The highest BCUT2D eigenvalue weighted by molar-refractivity contribution is 7.07. The molecule has 2 rings (SSSR count). The second kappa shape index (κ2) is 4.31. The van der Waals surface area contributed by atoms with Gasteiger partial charge in [0.2, 0.25) is 0 Å². The van der Waals surface area contributed by atoms with Crippen molar-refractivity contribution in [2.24, 2.45) is 0 Å². The third kappa shape index (κ3) is 2.47. The van der Waals surface area contributed by atoms with E-state index >= 15 is 0 Å². The second-order valence-electron chi connectivity index (χ2n) is 3.10. The summed E-state index contributed by atoms with van der Waals surface area (Å²) in [5.74, 6) is -0.331. The number of carbonyl (C=O) groups excluding carboxylic acids is 1. The van der Waals surface area contributed by atoms with E-state index in [2.05, 4.69) is 4.98 Å². The molecule has 0 aliphatic rings. The van der Waals surface area contributed by atoms with Crippen molar-refractivity contribution in [1.82, 2.24) is 4.98 Å². The molecule has 0 aliphatic carbocycles. The zero-order valence-electron chi connectivity index (χ0n) is 7.81. The maximum absolute atomic E-state index is 12.6. The largest absolute Gasteiger partial charge is 0.292 e. The van der Waals surface area contributed by atoms with E-state index < -0.39 is 0 Å². The van der Waals surface area contributed by atoms with Gasteiger partial charge in [-0.15, -0.1) is 11.3 Å². The lowest BCUT2D eigenvalue weighted by molar-refractivity contribution is 0.0989. The van der Waals surface area contributed by atoms with Crippen LogP contribution in [0.1, 0.15) is 16.1 Å². The highest BCUT2D eigenvalue weighted by Crippen LogP contribution is 2.08. The first-order chi connectivity index (χ1) is 7.25. The van der Waals surface area contributed by atoms with Gasteiger partial charge in [-0.3, -0.25) is 4.79 Å². The Balaban J connectivity index is 2.09. The summed E-state index contributed by atoms with van der Waals surface area (Å²) in [5.41, 5.74) is 2.90. The lowest BCUT2D eigenvalue weighted by Crippen LogP contribution is -2.03. The molecule has 0 saturated heterocycles. The molecule has 0 unspecified atom stereocenters. The number of hydrogen-bond donors (Lipinski definition) is 0. The minimum absolute atomic E-state index is 0.0390. The Hall–Kier alpha value is -1.55. The zero-order chi connectivity index (χ0) is 10.7. The lowest BCUT2D eigenvalue weighted by Gasteiger charge is -1.98. The van der Waals surface area contributed by atoms with Crippen molar-refractivity contribution in [2.75, 3.05) is 0 Å². The molecule has 0 aliphatic heterocycles. The second-order valence-corrected chi connectivity index (χ2v) is 3.82. The first-order valence-electron chi connectivity index (χ1n) is 4.41. The molecule has 76 valence electrons. The average Bonchev–Trinajstić information content (AvgIpc) is 2.74. The van der Waals surface area contributed by atoms with Gasteiger partial charge in [0.1, 0.15) is 11.5 Å². The van der Waals surface area contributed by atoms with Crippen LogP contribution in [0.15, 0.2) is 35.2 Å². The topological polar surface area (TPSA) is 30.0 Å². The van der Waals surface area contributed by atoms with E-state index in [0.717, 1.165) is 5.56 Å². The summed E-state index contributed by atoms with van der Waals surface area (Å²) in [6, 6.07) is 5.92. The van der Waals surface area contributed by atoms with Crippen molar-refractivity contribution in [2.45, 2.75) is 6.42 Å². The van der Waals surface area contributed by atoms with Crippen molar-refractivity contribution in [3.63, 3.8) is 0 Å². The number of halogens is 1. The van der Waals surface area contributed by atoms with E-state index in [4.69, 9.17) is 0 Å². The fourth-order valence-corrected chi connectivity index (χ4v) is 1.78. The number of carbonyl (C=O) groups is 1. The third-order valence-corrected chi connectivity index (χ3v) is 2.58. The summed E-state index contributed by atoms with van der Waals surface area (Å²) >= 11 is 1.39. The molecule has 0 atom stereocenters. The smallest absolute Gasteiger partial charge is 0.186 e. The number of benzene rings is 1. The quantitative estimate of drug-likeness (QED) is 0.746. The van der Waals surface area contributed by atoms with Crippen molar-refractivity contribution in [1.29, 1.82) is 0 Å². The summed E-state index contributed by atoms with van der Waals surface area (Å²) in [4.78, 5) is 15.5. The van der Waals surface area contributed by atoms with Gasteiger partial charge in [0.15, 0.2) is 5.78 Å². The highest BCUT2D eigenvalue weighted by Gasteiger charge is 2.08. The number of ketones is 1. The molecule has 15 heavy (non-hydrogen) atoms. The van der Waals surface area contributed by atoms with Crippen molar-refractivity contribution >= 4 is 17.1 Å². The van der Waals surface area contributed by atoms with Gasteiger partial charge in [-0.05, 0) is 17.7 Å². The Morgan fingerprint density at radius 3 is 2.67 bits per heavy atom. The van der Waals surface area contributed by atoms with E-state index in [1.54, 1.807) is 23.0 Å². The number of nitrogens with zero attached hydrogens (tertiary/aromatic N) is 1. The van der Waals surface area contributed by atoms with Gasteiger partial charge in [-0.25, -0.2) is 9.37 Å². The minimum Gasteiger partial charge on any atom is -0.292 e. The van der Waals surface area contributed by atoms with Gasteiger partial charge in [0.25, 0.3) is 0 Å². The summed E-state index contributed by atoms with van der Waals surface area (Å²) in [6.45, 7) is 0. The van der Waals surface area contributed by atoms with Crippen LogP contribution >= 0.6 is 11.3 Å². The number of aromatic nitrogens is 1. The normalized spacial score (nSPS) is 10.2. The Kier molecular flexibility index (Phi) is 2.87. The Morgan fingerprint density at radius 1 is 1.33 bits per heavy atom. The van der Waals surface area contributed by atoms with Gasteiger partial charge in [0.05, 0.1) is 5.51 Å². The van der Waals surface area contributed by atoms with Crippen molar-refractivity contribution in [3.05, 3.63) is 52.2 Å². The summed E-state index contributed by atoms with van der Waals surface area (Å²) in [7, 11) is 0. The van der Waals surface area contributed by atoms with Gasteiger partial charge in [-0.1, -0.05) is 12.1 Å². The predicted octanol–water partition coefficient (Wildman–Crippen LogP) is 2.71. The molecule has 1 heterocycles. The number of thiazole rings is 1. The molecule has 0 amide bonds. The minimum atomic E-state index is -0.292. The van der Waals surface area contributed by atoms with Crippen LogP contribution in [0.2, 0.25) is 0 Å². The van der Waals surface area contributed by atoms with E-state index in [-0.39, 0.29) is 18.0 Å². The van der Waals surface area contributed by atoms with Crippen LogP contribution in [-0.2, 0) is 6.42 Å². The summed E-state index contributed by atoms with van der Waals surface area (Å²) < 4.78 is 12.6. The molecule has 2 aromatic rings. The molecule has 1 aromatic heterocycles. The van der Waals surface area contributed by atoms with E-state index in [1.165, 1.54) is 23.5 Å². The molecule has 0 radical (unpaired) electrons. The van der Waals surface area contributed by atoms with Crippen molar-refractivity contribution < 1.29 is 9.18 Å². The van der Waals surface area contributed by atoms with Gasteiger partial charge in [-0.2, -0.15) is 0 Å². The van der Waals surface area contributed by atoms with Crippen LogP contribution in [0.5, 0.6) is 0 Å². The number of rotatable bonds is 3. The molecule has 0 fully saturated rings. The Bertz CT molecular complexity index is 450. The fourth-order valence-electron chi connectivity index (χ4n) is 1.23. The maximum Gasteiger partial charge on any atom is 0.186 e. The van der Waals surface area contributed by atoms with Crippen LogP contribution in [0.3, 0.4) is 0 Å². The molecule has 4 heteroatoms. The van der Waals surface area contributed by atoms with E-state index in [0.29, 0.717) is 5.69 Å². The van der Waals surface area contributed by atoms with E-state index in [9.17, 15) is 9.18 Å². The number of Topliss-reactive ketones (excluding diaryl/α,β-unsaturated/α-hetero) is 1. The molecular weight excluding hydrogens is 213 g/mol. The van der Waals surface area contributed by atoms with E-state index in [1.807, 2.05) is 0 Å². The standard InChI is InChI=1S/C11H8FNOS/c12-9-3-1-8(2-4-9)5-11(14)10-6-15-7-13-10/h1-4,6-7H,5H2. The fraction of sp³-hybridized carbons (Fsp3) is 0.0909. The first kappa shape index (κ1) is 9.98. The van der Waals surface area contributed by atoms with Crippen LogP contribution in [0.4, 0.5) is 4.39 Å². The van der Waals surface area contributed by atoms with Crippen LogP contribution < -0.4 is 0 Å². The van der Waals surface area contributed by atoms with Crippen molar-refractivity contribution in [3.8, 4) is 0 Å². The molecule has 1 aromatic carbocycles. The molecule has 0 spiro atoms. The summed E-state index contributed by atoms with van der Waals surface area (Å²) in [5, 5.41) is 1.71. The third-order valence-electron chi connectivity index (χ3n) is 2.00. The Morgan fingerprint density at radius 2 is 2.07 bits per heavy atom. The predicted molar refractivity (Wildman–Crippen MR) is 56.5 cm³/mol. The molecule has 0 bridgehead atoms. The molecular formula is C11H8FNOS. The first-order valence-corrected chi connectivity index (χ1v) is 5.36. The molecule has 0 saturated carbocycles. The van der Waals surface area contributed by atoms with Gasteiger partial charge < -0.3 is 0 Å². The van der Waals surface area contributed by atoms with Crippen LogP contribution in [0.25, 0.3) is 0 Å². The van der Waals surface area contributed by atoms with Crippen LogP contribution in [-0.4, -0.2) is 10.8 Å². The average molecular weight is 221 g/mol. The van der Waals surface area contributed by atoms with Gasteiger partial charge >= 0.3 is 0 Å². The number of hydrogen-bond acceptors (Lipinski definition) is 3. The monoisotopic (exact) mass is 221 g/mol. The highest BCUT2D eigenvalue weighted by atomic mass is 32.1. The summed E-state index contributed by atoms with van der Waals surface area (Å²) in [6.07, 6.45) is 0.268. The van der Waals surface area contributed by atoms with Crippen LogP contribution in [0, 0.1) is 5.82 Å². The lowest BCUT2D eigenvalue weighted by atomic mass is 10.1.